The van der Waals surface area contributed by atoms with E-state index in [2.05, 4.69) is 5.32 Å². The maximum Gasteiger partial charge on any atom is 0.243 e. The number of carbonyl (C=O) groups is 1. The summed E-state index contributed by atoms with van der Waals surface area (Å²) < 4.78 is 27.8. The lowest BCUT2D eigenvalue weighted by Crippen LogP contribution is -2.50. The van der Waals surface area contributed by atoms with Crippen molar-refractivity contribution < 1.29 is 13.2 Å². The van der Waals surface area contributed by atoms with E-state index in [9.17, 15) is 13.2 Å². The van der Waals surface area contributed by atoms with Gasteiger partial charge in [0.25, 0.3) is 0 Å². The Morgan fingerprint density at radius 3 is 2.20 bits per heavy atom. The van der Waals surface area contributed by atoms with E-state index in [1.54, 1.807) is 24.3 Å². The van der Waals surface area contributed by atoms with Crippen molar-refractivity contribution in [1.82, 2.24) is 9.62 Å². The molecule has 1 aliphatic rings. The maximum absolute atomic E-state index is 13.2. The average molecular weight is 367 g/mol. The highest BCUT2D eigenvalue weighted by Crippen LogP contribution is 2.28. The number of hydrogen-bond donors (Lipinski definition) is 1. The largest absolute Gasteiger partial charge is 0.350 e. The monoisotopic (exact) mass is 366 g/mol. The van der Waals surface area contributed by atoms with Crippen LogP contribution in [0, 0.1) is 6.92 Å². The highest BCUT2D eigenvalue weighted by atomic mass is 32.2. The van der Waals surface area contributed by atoms with E-state index in [1.165, 1.54) is 4.31 Å². The molecule has 1 aliphatic carbocycles. The van der Waals surface area contributed by atoms with Gasteiger partial charge in [-0.15, -0.1) is 0 Å². The third kappa shape index (κ3) is 5.54. The Morgan fingerprint density at radius 2 is 1.68 bits per heavy atom. The molecule has 5 nitrogen and oxygen atoms in total. The Morgan fingerprint density at radius 1 is 1.12 bits per heavy atom. The number of aryl methyl sites for hydroxylation is 1. The van der Waals surface area contributed by atoms with Gasteiger partial charge in [-0.3, -0.25) is 4.79 Å². The molecule has 0 unspecified atom stereocenters. The molecule has 1 saturated carbocycles. The van der Waals surface area contributed by atoms with Gasteiger partial charge in [0.05, 0.1) is 11.4 Å². The lowest BCUT2D eigenvalue weighted by Gasteiger charge is -2.33. The first-order chi connectivity index (χ1) is 11.6. The van der Waals surface area contributed by atoms with Crippen LogP contribution >= 0.6 is 0 Å². The molecule has 0 aromatic heterocycles. The molecule has 2 rings (SSSR count). The molecule has 0 heterocycles. The van der Waals surface area contributed by atoms with Crippen LogP contribution < -0.4 is 5.32 Å². The standard InChI is InChI=1S/C19H30N2O3S/c1-15-10-12-17(13-11-15)25(23,24)21(16-8-6-5-7-9-16)14-18(22)20-19(2,3)4/h10-13,16H,5-9,14H2,1-4H3,(H,20,22). The molecule has 1 aromatic carbocycles. The Balaban J connectivity index is 2.29. The summed E-state index contributed by atoms with van der Waals surface area (Å²) in [5, 5.41) is 2.88. The van der Waals surface area contributed by atoms with Gasteiger partial charge >= 0.3 is 0 Å². The Kier molecular flexibility index (Phi) is 6.27. The van der Waals surface area contributed by atoms with Crippen LogP contribution in [0.1, 0.15) is 58.4 Å². The fourth-order valence-electron chi connectivity index (χ4n) is 3.22. The highest BCUT2D eigenvalue weighted by Gasteiger charge is 2.34. The minimum Gasteiger partial charge on any atom is -0.350 e. The van der Waals surface area contributed by atoms with E-state index >= 15 is 0 Å². The lowest BCUT2D eigenvalue weighted by atomic mass is 9.95. The van der Waals surface area contributed by atoms with E-state index in [1.807, 2.05) is 27.7 Å². The van der Waals surface area contributed by atoms with Gasteiger partial charge in [-0.25, -0.2) is 8.42 Å². The fraction of sp³-hybridized carbons (Fsp3) is 0.632. The average Bonchev–Trinajstić information content (AvgIpc) is 2.52. The van der Waals surface area contributed by atoms with Crippen molar-refractivity contribution in [1.29, 1.82) is 0 Å². The van der Waals surface area contributed by atoms with E-state index in [-0.39, 0.29) is 28.9 Å². The summed E-state index contributed by atoms with van der Waals surface area (Å²) in [5.41, 5.74) is 0.622. The van der Waals surface area contributed by atoms with Gasteiger partial charge in [0.15, 0.2) is 0 Å². The number of nitrogens with zero attached hydrogens (tertiary/aromatic N) is 1. The summed E-state index contributed by atoms with van der Waals surface area (Å²) in [7, 11) is -3.70. The smallest absolute Gasteiger partial charge is 0.243 e. The molecule has 0 radical (unpaired) electrons. The van der Waals surface area contributed by atoms with E-state index in [0.29, 0.717) is 0 Å². The van der Waals surface area contributed by atoms with Crippen molar-refractivity contribution in [2.45, 2.75) is 76.3 Å². The van der Waals surface area contributed by atoms with E-state index in [0.717, 1.165) is 37.7 Å². The van der Waals surface area contributed by atoms with Crippen molar-refractivity contribution in [3.8, 4) is 0 Å². The molecule has 1 fully saturated rings. The summed E-state index contributed by atoms with van der Waals surface area (Å²) >= 11 is 0. The van der Waals surface area contributed by atoms with Crippen molar-refractivity contribution >= 4 is 15.9 Å². The van der Waals surface area contributed by atoms with Crippen LogP contribution in [-0.4, -0.2) is 36.8 Å². The number of rotatable bonds is 5. The first kappa shape index (κ1) is 19.9. The number of benzene rings is 1. The molecule has 1 N–H and O–H groups in total. The number of sulfonamides is 1. The highest BCUT2D eigenvalue weighted by molar-refractivity contribution is 7.89. The van der Waals surface area contributed by atoms with E-state index < -0.39 is 10.0 Å². The summed E-state index contributed by atoms with van der Waals surface area (Å²) in [6.07, 6.45) is 4.77. The van der Waals surface area contributed by atoms with Gasteiger partial charge in [0.1, 0.15) is 0 Å². The van der Waals surface area contributed by atoms with Crippen molar-refractivity contribution in [3.05, 3.63) is 29.8 Å². The molecule has 0 aliphatic heterocycles. The third-order valence-electron chi connectivity index (χ3n) is 4.42. The molecule has 1 aromatic rings. The van der Waals surface area contributed by atoms with Crippen LogP contribution in [0.3, 0.4) is 0 Å². The van der Waals surface area contributed by atoms with Crippen LogP contribution in [0.25, 0.3) is 0 Å². The first-order valence-electron chi connectivity index (χ1n) is 8.99. The Labute approximate surface area is 151 Å². The molecule has 25 heavy (non-hydrogen) atoms. The van der Waals surface area contributed by atoms with Crippen molar-refractivity contribution in [2.75, 3.05) is 6.54 Å². The number of hydrogen-bond acceptors (Lipinski definition) is 3. The topological polar surface area (TPSA) is 66.5 Å². The molecule has 0 saturated heterocycles. The van der Waals surface area contributed by atoms with Crippen molar-refractivity contribution in [2.24, 2.45) is 0 Å². The van der Waals surface area contributed by atoms with Crippen LogP contribution in [0.4, 0.5) is 0 Å². The van der Waals surface area contributed by atoms with Gasteiger partial charge in [0, 0.05) is 11.6 Å². The summed E-state index contributed by atoms with van der Waals surface area (Å²) in [6.45, 7) is 7.48. The second-order valence-corrected chi connectivity index (χ2v) is 9.84. The Bertz CT molecular complexity index is 684. The van der Waals surface area contributed by atoms with Crippen LogP contribution in [0.15, 0.2) is 29.2 Å². The number of amides is 1. The quantitative estimate of drug-likeness (QED) is 0.870. The van der Waals surface area contributed by atoms with E-state index in [4.69, 9.17) is 0 Å². The van der Waals surface area contributed by atoms with Gasteiger partial charge in [-0.1, -0.05) is 37.0 Å². The summed E-state index contributed by atoms with van der Waals surface area (Å²) in [5.74, 6) is -0.256. The Hall–Kier alpha value is -1.40. The molecule has 1 amide bonds. The predicted molar refractivity (Wildman–Crippen MR) is 99.8 cm³/mol. The first-order valence-corrected chi connectivity index (χ1v) is 10.4. The fourth-order valence-corrected chi connectivity index (χ4v) is 4.87. The molecule has 140 valence electrons. The molecule has 0 atom stereocenters. The normalized spacial score (nSPS) is 16.8. The van der Waals surface area contributed by atoms with Gasteiger partial charge in [0.2, 0.25) is 15.9 Å². The number of nitrogens with one attached hydrogen (secondary N) is 1. The van der Waals surface area contributed by atoms with Crippen molar-refractivity contribution in [3.63, 3.8) is 0 Å². The van der Waals surface area contributed by atoms with Gasteiger partial charge in [-0.2, -0.15) is 4.31 Å². The van der Waals surface area contributed by atoms with Gasteiger partial charge in [-0.05, 0) is 52.7 Å². The van der Waals surface area contributed by atoms with Crippen LogP contribution in [-0.2, 0) is 14.8 Å². The zero-order chi connectivity index (χ0) is 18.7. The zero-order valence-electron chi connectivity index (χ0n) is 15.7. The SMILES string of the molecule is Cc1ccc(S(=O)(=O)N(CC(=O)NC(C)(C)C)C2CCCCC2)cc1. The molecular weight excluding hydrogens is 336 g/mol. The summed E-state index contributed by atoms with van der Waals surface area (Å²) in [6, 6.07) is 6.73. The molecule has 6 heteroatoms. The molecule has 0 bridgehead atoms. The second kappa shape index (κ2) is 7.87. The second-order valence-electron chi connectivity index (χ2n) is 7.95. The maximum atomic E-state index is 13.2. The van der Waals surface area contributed by atoms with Crippen LogP contribution in [0.5, 0.6) is 0 Å². The molecular formula is C19H30N2O3S. The molecule has 0 spiro atoms. The minimum absolute atomic E-state index is 0.106. The van der Waals surface area contributed by atoms with Crippen LogP contribution in [0.2, 0.25) is 0 Å². The van der Waals surface area contributed by atoms with Gasteiger partial charge < -0.3 is 5.32 Å². The minimum atomic E-state index is -3.70. The third-order valence-corrected chi connectivity index (χ3v) is 6.34. The zero-order valence-corrected chi connectivity index (χ0v) is 16.5. The lowest BCUT2D eigenvalue weighted by molar-refractivity contribution is -0.123. The predicted octanol–water partition coefficient (Wildman–Crippen LogP) is 3.23. The summed E-state index contributed by atoms with van der Waals surface area (Å²) in [4.78, 5) is 12.7. The number of carbonyl (C=O) groups excluding carboxylic acids is 1.